The van der Waals surface area contributed by atoms with Crippen LogP contribution in [0, 0.1) is 0 Å². The largest absolute Gasteiger partial charge is 0.416 e. The molecule has 0 spiro atoms. The lowest BCUT2D eigenvalue weighted by Crippen LogP contribution is -2.26. The molecule has 0 aliphatic rings. The molecule has 0 amide bonds. The Morgan fingerprint density at radius 1 is 0.789 bits per heavy atom. The molecule has 3 aromatic rings. The predicted octanol–water partition coefficient (Wildman–Crippen LogP) is 7.72. The standard InChI is InChI=1S/C16H16F3N3.C10H12F3N.C2H6/c1-21-15(12-7-3-5-9-14(12)20)22-10-11-6-2-4-8-13(11)16(17,18)19;1-2-3-7-6-8(10(11,12)13)4-5-9(7)14;1-2/h2-9H,10,20H2,1H3,(H,21,22);4-6H,2-3,14H2,1H3;1-2H3. The van der Waals surface area contributed by atoms with Crippen molar-refractivity contribution < 1.29 is 26.3 Å². The van der Waals surface area contributed by atoms with Gasteiger partial charge < -0.3 is 16.8 Å². The van der Waals surface area contributed by atoms with Crippen molar-refractivity contribution in [2.24, 2.45) is 4.99 Å². The zero-order valence-electron chi connectivity index (χ0n) is 21.8. The van der Waals surface area contributed by atoms with Crippen molar-refractivity contribution in [3.05, 3.63) is 94.5 Å². The summed E-state index contributed by atoms with van der Waals surface area (Å²) in [6, 6.07) is 16.0. The van der Waals surface area contributed by atoms with Gasteiger partial charge in [-0.1, -0.05) is 57.5 Å². The maximum Gasteiger partial charge on any atom is 0.416 e. The summed E-state index contributed by atoms with van der Waals surface area (Å²) in [5.41, 5.74) is 12.5. The van der Waals surface area contributed by atoms with Crippen LogP contribution >= 0.6 is 0 Å². The summed E-state index contributed by atoms with van der Waals surface area (Å²) in [5, 5.41) is 2.93. The summed E-state index contributed by atoms with van der Waals surface area (Å²) in [6.45, 7) is 5.91. The highest BCUT2D eigenvalue weighted by Gasteiger charge is 2.33. The summed E-state index contributed by atoms with van der Waals surface area (Å²) >= 11 is 0. The molecule has 0 atom stereocenters. The van der Waals surface area contributed by atoms with E-state index < -0.39 is 23.5 Å². The number of anilines is 2. The first kappa shape index (κ1) is 32.3. The normalized spacial score (nSPS) is 11.6. The first-order chi connectivity index (χ1) is 17.9. The van der Waals surface area contributed by atoms with E-state index >= 15 is 0 Å². The molecule has 3 rings (SSSR count). The Balaban J connectivity index is 0.000000389. The van der Waals surface area contributed by atoms with Crippen LogP contribution in [0.15, 0.2) is 71.7 Å². The Hall–Kier alpha value is -3.69. The minimum Gasteiger partial charge on any atom is -0.399 e. The van der Waals surface area contributed by atoms with Crippen LogP contribution in [0.5, 0.6) is 0 Å². The third-order valence-corrected chi connectivity index (χ3v) is 5.20. The average Bonchev–Trinajstić information content (AvgIpc) is 2.87. The van der Waals surface area contributed by atoms with Crippen LogP contribution in [0.25, 0.3) is 0 Å². The summed E-state index contributed by atoms with van der Waals surface area (Å²) in [6.07, 6.45) is -7.30. The Morgan fingerprint density at radius 3 is 1.95 bits per heavy atom. The number of amidine groups is 1. The van der Waals surface area contributed by atoms with Gasteiger partial charge in [-0.05, 0) is 53.9 Å². The highest BCUT2D eigenvalue weighted by molar-refractivity contribution is 6.02. The Morgan fingerprint density at radius 2 is 1.39 bits per heavy atom. The number of benzene rings is 3. The van der Waals surface area contributed by atoms with Crippen LogP contribution in [-0.2, 0) is 25.3 Å². The predicted molar refractivity (Wildman–Crippen MR) is 143 cm³/mol. The van der Waals surface area contributed by atoms with Crippen LogP contribution < -0.4 is 16.8 Å². The van der Waals surface area contributed by atoms with E-state index in [9.17, 15) is 26.3 Å². The molecule has 208 valence electrons. The third-order valence-electron chi connectivity index (χ3n) is 5.20. The number of para-hydroxylation sites is 1. The van der Waals surface area contributed by atoms with E-state index in [-0.39, 0.29) is 12.1 Å². The van der Waals surface area contributed by atoms with Crippen LogP contribution in [-0.4, -0.2) is 12.9 Å². The van der Waals surface area contributed by atoms with Crippen LogP contribution in [0.4, 0.5) is 37.7 Å². The quantitative estimate of drug-likeness (QED) is 0.134. The van der Waals surface area contributed by atoms with E-state index in [1.807, 2.05) is 20.8 Å². The Kier molecular flexibility index (Phi) is 12.7. The van der Waals surface area contributed by atoms with Gasteiger partial charge in [0.2, 0.25) is 0 Å². The molecule has 0 saturated carbocycles. The second kappa shape index (κ2) is 14.9. The van der Waals surface area contributed by atoms with Crippen molar-refractivity contribution in [2.45, 2.75) is 52.5 Å². The van der Waals surface area contributed by atoms with Crippen molar-refractivity contribution in [1.82, 2.24) is 5.32 Å². The number of alkyl halides is 6. The number of hydrogen-bond donors (Lipinski definition) is 3. The Labute approximate surface area is 219 Å². The van der Waals surface area contributed by atoms with Crippen LogP contribution in [0.3, 0.4) is 0 Å². The molecule has 0 radical (unpaired) electrons. The summed E-state index contributed by atoms with van der Waals surface area (Å²) in [7, 11) is 1.56. The van der Waals surface area contributed by atoms with E-state index in [4.69, 9.17) is 11.5 Å². The van der Waals surface area contributed by atoms with E-state index in [1.54, 1.807) is 37.4 Å². The molecule has 10 heteroatoms. The molecule has 0 bridgehead atoms. The van der Waals surface area contributed by atoms with E-state index in [1.165, 1.54) is 18.2 Å². The van der Waals surface area contributed by atoms with Gasteiger partial charge >= 0.3 is 12.4 Å². The van der Waals surface area contributed by atoms with Gasteiger partial charge in [0, 0.05) is 30.5 Å². The maximum absolute atomic E-state index is 13.0. The fourth-order valence-corrected chi connectivity index (χ4v) is 3.41. The maximum atomic E-state index is 13.0. The minimum absolute atomic E-state index is 0.0106. The monoisotopic (exact) mass is 540 g/mol. The van der Waals surface area contributed by atoms with Crippen molar-refractivity contribution in [1.29, 1.82) is 0 Å². The molecule has 0 unspecified atom stereocenters. The van der Waals surface area contributed by atoms with Gasteiger partial charge in [-0.3, -0.25) is 4.99 Å². The summed E-state index contributed by atoms with van der Waals surface area (Å²) in [4.78, 5) is 4.07. The summed E-state index contributed by atoms with van der Waals surface area (Å²) < 4.78 is 75.8. The third kappa shape index (κ3) is 9.64. The number of nitrogens with zero attached hydrogens (tertiary/aromatic N) is 1. The number of halogens is 6. The number of aryl methyl sites for hydroxylation is 1. The van der Waals surface area contributed by atoms with Gasteiger partial charge in [-0.15, -0.1) is 0 Å². The molecule has 0 fully saturated rings. The first-order valence-electron chi connectivity index (χ1n) is 12.0. The second-order valence-corrected chi connectivity index (χ2v) is 7.83. The van der Waals surface area contributed by atoms with E-state index in [2.05, 4.69) is 10.3 Å². The molecule has 5 N–H and O–H groups in total. The van der Waals surface area contributed by atoms with E-state index in [0.717, 1.165) is 24.6 Å². The number of rotatable bonds is 5. The topological polar surface area (TPSA) is 76.4 Å². The zero-order valence-corrected chi connectivity index (χ0v) is 21.8. The van der Waals surface area contributed by atoms with Crippen LogP contribution in [0.2, 0.25) is 0 Å². The van der Waals surface area contributed by atoms with Crippen molar-refractivity contribution in [3.63, 3.8) is 0 Å². The average molecular weight is 541 g/mol. The van der Waals surface area contributed by atoms with Gasteiger partial charge in [0.25, 0.3) is 0 Å². The van der Waals surface area contributed by atoms with Gasteiger partial charge in [0.1, 0.15) is 5.84 Å². The lowest BCUT2D eigenvalue weighted by molar-refractivity contribution is -0.138. The number of nitrogens with one attached hydrogen (secondary N) is 1. The molecule has 3 aromatic carbocycles. The molecule has 0 aliphatic carbocycles. The SMILES string of the molecule is CC.CCCc1cc(C(F)(F)F)ccc1N.CN=C(NCc1ccccc1C(F)(F)F)c1ccccc1N. The zero-order chi connectivity index (χ0) is 28.9. The Bertz CT molecular complexity index is 1170. The first-order valence-corrected chi connectivity index (χ1v) is 12.0. The lowest BCUT2D eigenvalue weighted by atomic mass is 10.0. The molecule has 0 saturated heterocycles. The fourth-order valence-electron chi connectivity index (χ4n) is 3.41. The number of aliphatic imine (C=N–C) groups is 1. The number of nitrogen functional groups attached to an aromatic ring is 2. The molecule has 38 heavy (non-hydrogen) atoms. The lowest BCUT2D eigenvalue weighted by Gasteiger charge is -2.15. The van der Waals surface area contributed by atoms with Crippen molar-refractivity contribution >= 4 is 17.2 Å². The van der Waals surface area contributed by atoms with Crippen LogP contribution in [0.1, 0.15) is 55.0 Å². The fraction of sp³-hybridized carbons (Fsp3) is 0.321. The molecular weight excluding hydrogens is 506 g/mol. The van der Waals surface area contributed by atoms with Crippen molar-refractivity contribution in [2.75, 3.05) is 18.5 Å². The molecule has 0 heterocycles. The second-order valence-electron chi connectivity index (χ2n) is 7.83. The van der Waals surface area contributed by atoms with E-state index in [0.29, 0.717) is 34.8 Å². The molecule has 4 nitrogen and oxygen atoms in total. The number of nitrogens with two attached hydrogens (primary N) is 2. The highest BCUT2D eigenvalue weighted by Crippen LogP contribution is 2.32. The van der Waals surface area contributed by atoms with Gasteiger partial charge in [0.15, 0.2) is 0 Å². The number of hydrogen-bond acceptors (Lipinski definition) is 3. The molecule has 0 aromatic heterocycles. The molecular formula is C28H34F6N4. The van der Waals surface area contributed by atoms with Gasteiger partial charge in [-0.25, -0.2) is 0 Å². The smallest absolute Gasteiger partial charge is 0.399 e. The highest BCUT2D eigenvalue weighted by atomic mass is 19.4. The van der Waals surface area contributed by atoms with Gasteiger partial charge in [-0.2, -0.15) is 26.3 Å². The minimum atomic E-state index is -4.38. The summed E-state index contributed by atoms with van der Waals surface area (Å²) in [5.74, 6) is 0.454. The molecule has 0 aliphatic heterocycles. The van der Waals surface area contributed by atoms with Crippen molar-refractivity contribution in [3.8, 4) is 0 Å². The van der Waals surface area contributed by atoms with Gasteiger partial charge in [0.05, 0.1) is 11.1 Å².